The smallest absolute Gasteiger partial charge is 0.252 e. The van der Waals surface area contributed by atoms with E-state index in [4.69, 9.17) is 13.7 Å². The van der Waals surface area contributed by atoms with E-state index in [0.717, 1.165) is 76.2 Å². The summed E-state index contributed by atoms with van der Waals surface area (Å²) in [6.07, 6.45) is 0. The molecule has 20 rings (SSSR count). The number of hydrogen-bond donors (Lipinski definition) is 0. The first kappa shape index (κ1) is 34.5. The Labute approximate surface area is 538 Å². The van der Waals surface area contributed by atoms with Crippen molar-refractivity contribution in [3.05, 3.63) is 309 Å². The number of fused-ring (bicyclic) bond motifs is 21. The van der Waals surface area contributed by atoms with Crippen molar-refractivity contribution in [2.75, 3.05) is 4.90 Å². The van der Waals surface area contributed by atoms with Gasteiger partial charge in [-0.15, -0.1) is 0 Å². The first-order valence-corrected chi connectivity index (χ1v) is 29.5. The predicted molar refractivity (Wildman–Crippen MR) is 378 cm³/mol. The molecule has 4 aromatic heterocycles. The molecule has 0 amide bonds. The van der Waals surface area contributed by atoms with Gasteiger partial charge in [-0.1, -0.05) is 242 Å². The lowest BCUT2D eigenvalue weighted by atomic mass is 9.33. The highest BCUT2D eigenvalue weighted by atomic mass is 15.2. The third kappa shape index (κ3) is 6.79. The fourth-order valence-corrected chi connectivity index (χ4v) is 15.0. The van der Waals surface area contributed by atoms with Gasteiger partial charge in [0.15, 0.2) is 0 Å². The van der Waals surface area contributed by atoms with Crippen LogP contribution in [0.2, 0.25) is 0 Å². The van der Waals surface area contributed by atoms with Gasteiger partial charge >= 0.3 is 0 Å². The molecule has 6 heterocycles. The summed E-state index contributed by atoms with van der Waals surface area (Å²) in [5, 5.41) is 8.43. The fourth-order valence-electron chi connectivity index (χ4n) is 15.0. The summed E-state index contributed by atoms with van der Waals surface area (Å²) >= 11 is 0. The van der Waals surface area contributed by atoms with Crippen LogP contribution in [0.1, 0.15) is 24.7 Å². The van der Waals surface area contributed by atoms with Crippen LogP contribution in [0.5, 0.6) is 0 Å². The van der Waals surface area contributed by atoms with E-state index >= 15 is 0 Å². The molecule has 410 valence electrons. The summed E-state index contributed by atoms with van der Waals surface area (Å²) in [7, 11) is 0. The highest BCUT2D eigenvalue weighted by molar-refractivity contribution is 7.00. The molecule has 0 aliphatic carbocycles. The maximum absolute atomic E-state index is 9.67. The SMILES string of the molecule is [2H]c1c([2H])c([2H])c(-c2ccc3c(c2)N(c2ccc(-c4ccccc4)cc2)c2c4c(cc5c2c2cccc6c7ccccc7c7ccccc7c7ccccc7n5c62)-n2c5ccc(-n6c7c([2H])c([2H])c([2H])c([2H])c7c7c([2H])c([2H])c([2H])c([2H])c76)cc5c5cc(-c6c([2H])c([2H])c([2H])c([2H])c6[2H])cc(c52)B34)c([2H])c1[2H]. The second-order valence-corrected chi connectivity index (χ2v) is 22.9. The van der Waals surface area contributed by atoms with Gasteiger partial charge in [-0.2, -0.15) is 0 Å². The van der Waals surface area contributed by atoms with Crippen LogP contribution < -0.4 is 21.3 Å². The minimum Gasteiger partial charge on any atom is -0.311 e. The highest BCUT2D eigenvalue weighted by Gasteiger charge is 2.44. The maximum Gasteiger partial charge on any atom is 0.252 e. The molecule has 0 saturated heterocycles. The van der Waals surface area contributed by atoms with Crippen molar-refractivity contribution in [2.45, 2.75) is 0 Å². The zero-order valence-corrected chi connectivity index (χ0v) is 46.9. The molecule has 0 bridgehead atoms. The number of aromatic nitrogens is 3. The van der Waals surface area contributed by atoms with Crippen LogP contribution in [-0.4, -0.2) is 20.2 Å². The Morgan fingerprint density at radius 3 is 1.57 bits per heavy atom. The second-order valence-electron chi connectivity index (χ2n) is 22.9. The average molecular weight is 1150 g/mol. The molecule has 0 fully saturated rings. The molecule has 0 saturated carbocycles. The molecule has 0 unspecified atom stereocenters. The lowest BCUT2D eigenvalue weighted by molar-refractivity contribution is 1.17. The third-order valence-electron chi connectivity index (χ3n) is 18.6. The quantitative estimate of drug-likeness (QED) is 0.157. The van der Waals surface area contributed by atoms with Crippen molar-refractivity contribution in [1.29, 1.82) is 0 Å². The summed E-state index contributed by atoms with van der Waals surface area (Å²) in [5.74, 6) is 0. The number of rotatable bonds is 5. The zero-order chi connectivity index (χ0) is 73.7. The lowest BCUT2D eigenvalue weighted by Gasteiger charge is -2.41. The Balaban J connectivity index is 1.03. The Hall–Kier alpha value is -11.7. The molecule has 89 heavy (non-hydrogen) atoms. The summed E-state index contributed by atoms with van der Waals surface area (Å²) < 4.78 is 172. The van der Waals surface area contributed by atoms with Gasteiger partial charge in [0.1, 0.15) is 0 Å². The number of anilines is 3. The number of nitrogens with zero attached hydrogens (tertiary/aromatic N) is 4. The fraction of sp³-hybridized carbons (Fsp3) is 0. The Bertz CT molecular complexity index is 7120. The third-order valence-corrected chi connectivity index (χ3v) is 18.6. The molecule has 2 aliphatic rings. The minimum atomic E-state index is -0.832. The van der Waals surface area contributed by atoms with Gasteiger partial charge in [-0.05, 0) is 138 Å². The molecule has 0 N–H and O–H groups in total. The molecular formula is C84H51BN4. The normalized spacial score (nSPS) is 15.5. The van der Waals surface area contributed by atoms with Gasteiger partial charge in [-0.3, -0.25) is 0 Å². The molecule has 4 nitrogen and oxygen atoms in total. The summed E-state index contributed by atoms with van der Waals surface area (Å²) in [5.41, 5.74) is 11.0. The molecule has 2 aliphatic heterocycles. The first-order valence-electron chi connectivity index (χ1n) is 38.5. The van der Waals surface area contributed by atoms with E-state index in [1.165, 1.54) is 4.57 Å². The molecule has 14 aromatic carbocycles. The van der Waals surface area contributed by atoms with E-state index in [9.17, 15) is 11.0 Å². The topological polar surface area (TPSA) is 17.5 Å². The standard InChI is InChI=1S/C84H51BN4/c1-4-21-52(22-5-1)55-39-42-58(43-40-55)87-77-49-56(53-23-6-2-7-24-53)41-45-71(77)85-72-48-57(54-25-8-3-9-26-54)47-70-69-50-59(86-73-36-17-15-32-65(73)66-33-16-18-37-74(66)86)44-46-76(69)89(83(70)72)79-51-78-80(84(87)81(79)85)68-35-20-34-67-63-30-13-11-28-61(63)60-27-10-12-29-62(60)64-31-14-19-38-75(64)88(78)82(67)68/h1-51H/i2D,3D,6D,7D,8D,9D,15D,16D,17D,18D,23D,24D,25D,26D,32D,33D,36D,37D. The monoisotopic (exact) mass is 1140 g/mol. The Kier molecular flexibility index (Phi) is 7.14. The van der Waals surface area contributed by atoms with Crippen LogP contribution in [-0.2, 0) is 0 Å². The van der Waals surface area contributed by atoms with Gasteiger partial charge < -0.3 is 18.4 Å². The van der Waals surface area contributed by atoms with Crippen molar-refractivity contribution in [3.8, 4) is 44.8 Å². The van der Waals surface area contributed by atoms with Gasteiger partial charge in [0.05, 0.1) is 63.5 Å². The van der Waals surface area contributed by atoms with Crippen LogP contribution in [0.4, 0.5) is 17.1 Å². The van der Waals surface area contributed by atoms with E-state index < -0.39 is 115 Å². The number of para-hydroxylation sites is 4. The van der Waals surface area contributed by atoms with Gasteiger partial charge in [0.2, 0.25) is 0 Å². The number of benzene rings is 14. The average Bonchev–Trinajstić information content (AvgIpc) is 1.57. The molecule has 5 heteroatoms. The van der Waals surface area contributed by atoms with E-state index in [2.05, 4.69) is 123 Å². The Morgan fingerprint density at radius 2 is 0.854 bits per heavy atom. The van der Waals surface area contributed by atoms with E-state index in [1.807, 2.05) is 72.8 Å². The molecule has 0 radical (unpaired) electrons. The van der Waals surface area contributed by atoms with Crippen molar-refractivity contribution >= 4 is 143 Å². The van der Waals surface area contributed by atoms with Gasteiger partial charge in [0, 0.05) is 71.4 Å². The molecule has 0 spiro atoms. The summed E-state index contributed by atoms with van der Waals surface area (Å²) in [4.78, 5) is 2.22. The lowest BCUT2D eigenvalue weighted by Crippen LogP contribution is -2.60. The predicted octanol–water partition coefficient (Wildman–Crippen LogP) is 20.1. The van der Waals surface area contributed by atoms with Crippen molar-refractivity contribution in [3.63, 3.8) is 0 Å². The van der Waals surface area contributed by atoms with Crippen LogP contribution in [0, 0.1) is 0 Å². The van der Waals surface area contributed by atoms with Crippen LogP contribution in [0.15, 0.2) is 309 Å². The zero-order valence-electron chi connectivity index (χ0n) is 64.9. The number of hydrogen-bond acceptors (Lipinski definition) is 1. The van der Waals surface area contributed by atoms with E-state index in [-0.39, 0.29) is 44.2 Å². The van der Waals surface area contributed by atoms with Gasteiger partial charge in [0.25, 0.3) is 6.71 Å². The van der Waals surface area contributed by atoms with Crippen molar-refractivity contribution < 1.29 is 24.7 Å². The van der Waals surface area contributed by atoms with Gasteiger partial charge in [-0.25, -0.2) is 0 Å². The molecule has 0 atom stereocenters. The Morgan fingerprint density at radius 1 is 0.281 bits per heavy atom. The summed E-state index contributed by atoms with van der Waals surface area (Å²) in [6.45, 7) is -0.832. The largest absolute Gasteiger partial charge is 0.311 e. The van der Waals surface area contributed by atoms with Crippen LogP contribution in [0.3, 0.4) is 0 Å². The highest BCUT2D eigenvalue weighted by Crippen LogP contribution is 2.51. The van der Waals surface area contributed by atoms with Crippen molar-refractivity contribution in [2.24, 2.45) is 0 Å². The maximum atomic E-state index is 9.67. The van der Waals surface area contributed by atoms with E-state index in [1.54, 1.807) is 18.2 Å². The summed E-state index contributed by atoms with van der Waals surface area (Å²) in [6, 6.07) is 57.6. The molecular weight excluding hydrogens is 1080 g/mol. The van der Waals surface area contributed by atoms with E-state index in [0.29, 0.717) is 61.0 Å². The molecule has 18 aromatic rings. The van der Waals surface area contributed by atoms with Crippen molar-refractivity contribution in [1.82, 2.24) is 13.5 Å². The van der Waals surface area contributed by atoms with Crippen LogP contribution >= 0.6 is 0 Å². The second kappa shape index (κ2) is 18.4. The van der Waals surface area contributed by atoms with Crippen LogP contribution in [0.25, 0.3) is 148 Å². The first-order chi connectivity index (χ1) is 51.7. The minimum absolute atomic E-state index is 0.0198.